The average Bonchev–Trinajstić information content (AvgIpc) is 0.859. The van der Waals surface area contributed by atoms with Gasteiger partial charge in [-0.2, -0.15) is 0 Å². The van der Waals surface area contributed by atoms with E-state index in [0.29, 0.717) is 6.42 Å². The normalized spacial score (nSPS) is 15.1. The van der Waals surface area contributed by atoms with E-state index in [4.69, 9.17) is 17.2 Å². The highest BCUT2D eigenvalue weighted by atomic mass is 16.4. The number of rotatable bonds is 51. The molecule has 37 nitrogen and oxygen atoms in total. The molecular formula is C63H113N16O21+. The number of carboxylic acid groups (broad SMARTS) is 4. The number of quaternary nitrogens is 1. The highest BCUT2D eigenvalue weighted by molar-refractivity contribution is 6.00. The van der Waals surface area contributed by atoms with E-state index in [1.807, 2.05) is 13.8 Å². The summed E-state index contributed by atoms with van der Waals surface area (Å²) in [6, 6.07) is -18.6. The minimum Gasteiger partial charge on any atom is -0.481 e. The van der Waals surface area contributed by atoms with Crippen molar-refractivity contribution in [2.75, 3.05) is 13.2 Å². The third-order valence-electron chi connectivity index (χ3n) is 14.9. The van der Waals surface area contributed by atoms with Gasteiger partial charge in [-0.05, 0) is 99.8 Å². The molecule has 0 radical (unpaired) electrons. The highest BCUT2D eigenvalue weighted by Crippen LogP contribution is 2.16. The summed E-state index contributed by atoms with van der Waals surface area (Å²) in [5.41, 5.74) is 20.3. The molecule has 0 bridgehead atoms. The van der Waals surface area contributed by atoms with E-state index in [2.05, 4.69) is 69.5 Å². The molecule has 12 atom stereocenters. The minimum atomic E-state index is -1.98. The van der Waals surface area contributed by atoms with Gasteiger partial charge in [0.1, 0.15) is 72.7 Å². The molecule has 0 aliphatic rings. The van der Waals surface area contributed by atoms with Crippen LogP contribution in [0.3, 0.4) is 0 Å². The van der Waals surface area contributed by atoms with Gasteiger partial charge in [0.25, 0.3) is 5.91 Å². The van der Waals surface area contributed by atoms with E-state index >= 15 is 0 Å². The first-order valence-corrected chi connectivity index (χ1v) is 33.6. The van der Waals surface area contributed by atoms with Crippen LogP contribution in [0.25, 0.3) is 0 Å². The Hall–Kier alpha value is -8.68. The Kier molecular flexibility index (Phi) is 42.6. The van der Waals surface area contributed by atoms with Crippen molar-refractivity contribution in [2.45, 2.75) is 252 Å². The van der Waals surface area contributed by atoms with Crippen molar-refractivity contribution in [3.05, 3.63) is 0 Å². The van der Waals surface area contributed by atoms with Crippen molar-refractivity contribution in [3.8, 4) is 0 Å². The van der Waals surface area contributed by atoms with Crippen LogP contribution < -0.4 is 86.7 Å². The molecule has 0 fully saturated rings. The van der Waals surface area contributed by atoms with Gasteiger partial charge in [-0.15, -0.1) is 0 Å². The molecule has 570 valence electrons. The smallest absolute Gasteiger partial charge is 0.326 e. The summed E-state index contributed by atoms with van der Waals surface area (Å²) >= 11 is 0. The number of aliphatic carboxylic acids is 4. The van der Waals surface area contributed by atoms with Gasteiger partial charge in [-0.3, -0.25) is 77.2 Å². The van der Waals surface area contributed by atoms with Gasteiger partial charge >= 0.3 is 23.9 Å². The van der Waals surface area contributed by atoms with E-state index in [1.165, 1.54) is 0 Å². The fraction of sp³-hybridized carbons (Fsp3) is 0.746. The molecule has 26 N–H and O–H groups in total. The molecular weight excluding hydrogens is 1320 g/mol. The maximum Gasteiger partial charge on any atom is 0.326 e. The molecule has 0 aliphatic carbocycles. The summed E-state index contributed by atoms with van der Waals surface area (Å²) < 4.78 is 0. The Bertz CT molecular complexity index is 2770. The monoisotopic (exact) mass is 1430 g/mol. The first-order valence-electron chi connectivity index (χ1n) is 33.6. The Morgan fingerprint density at radius 3 is 0.860 bits per heavy atom. The number of carbonyl (C=O) groups is 16. The van der Waals surface area contributed by atoms with Gasteiger partial charge < -0.3 is 107 Å². The predicted octanol–water partition coefficient (Wildman–Crippen LogP) is -5.07. The van der Waals surface area contributed by atoms with Crippen molar-refractivity contribution in [3.63, 3.8) is 0 Å². The van der Waals surface area contributed by atoms with Gasteiger partial charge in [0.15, 0.2) is 6.04 Å². The van der Waals surface area contributed by atoms with Crippen LogP contribution in [0.5, 0.6) is 0 Å². The van der Waals surface area contributed by atoms with E-state index < -0.39 is 225 Å². The van der Waals surface area contributed by atoms with Gasteiger partial charge in [-0.1, -0.05) is 83.1 Å². The zero-order valence-corrected chi connectivity index (χ0v) is 59.5. The number of amides is 12. The molecule has 12 amide bonds. The van der Waals surface area contributed by atoms with Crippen LogP contribution in [0.4, 0.5) is 0 Å². The zero-order valence-electron chi connectivity index (χ0n) is 59.5. The number of carboxylic acids is 4. The maximum atomic E-state index is 14.5. The van der Waals surface area contributed by atoms with Crippen LogP contribution in [-0.2, 0) is 76.7 Å². The Labute approximate surface area is 582 Å². The molecule has 0 aromatic rings. The van der Waals surface area contributed by atoms with Crippen LogP contribution in [0.1, 0.15) is 173 Å². The largest absolute Gasteiger partial charge is 0.481 e. The molecule has 0 heterocycles. The van der Waals surface area contributed by atoms with Crippen LogP contribution >= 0.6 is 0 Å². The van der Waals surface area contributed by atoms with Crippen LogP contribution in [0.2, 0.25) is 0 Å². The van der Waals surface area contributed by atoms with Crippen molar-refractivity contribution in [1.29, 1.82) is 0 Å². The molecule has 0 aromatic carbocycles. The lowest BCUT2D eigenvalue weighted by molar-refractivity contribution is -0.406. The van der Waals surface area contributed by atoms with Crippen molar-refractivity contribution >= 4 is 94.8 Å². The Morgan fingerprint density at radius 1 is 0.330 bits per heavy atom. The second-order valence-electron chi connectivity index (χ2n) is 27.4. The zero-order chi connectivity index (χ0) is 77.0. The lowest BCUT2D eigenvalue weighted by atomic mass is 9.98. The maximum absolute atomic E-state index is 14.5. The molecule has 0 spiro atoms. The van der Waals surface area contributed by atoms with E-state index in [9.17, 15) is 102 Å². The second-order valence-corrected chi connectivity index (χ2v) is 27.4. The summed E-state index contributed by atoms with van der Waals surface area (Å²) in [6.07, 6.45) is -5.82. The van der Waals surface area contributed by atoms with E-state index in [0.717, 1.165) is 0 Å². The average molecular weight is 1430 g/mol. The van der Waals surface area contributed by atoms with Gasteiger partial charge in [-0.25, -0.2) is 4.79 Å². The first kappa shape index (κ1) is 91.3. The summed E-state index contributed by atoms with van der Waals surface area (Å²) in [7, 11) is 0. The summed E-state index contributed by atoms with van der Waals surface area (Å²) in [4.78, 5) is 213. The minimum absolute atomic E-state index is 0.0344. The predicted molar refractivity (Wildman–Crippen MR) is 359 cm³/mol. The first-order chi connectivity index (χ1) is 46.4. The molecule has 0 rings (SSSR count). The highest BCUT2D eigenvalue weighted by Gasteiger charge is 2.38. The molecule has 37 heteroatoms. The summed E-state index contributed by atoms with van der Waals surface area (Å²) in [5, 5.41) is 78.3. The topological polar surface area (TPSA) is 624 Å². The Balaban J connectivity index is 7.23. The molecule has 0 saturated carbocycles. The molecule has 0 unspecified atom stereocenters. The van der Waals surface area contributed by atoms with Gasteiger partial charge in [0, 0.05) is 19.3 Å². The molecule has 0 saturated heterocycles. The van der Waals surface area contributed by atoms with E-state index in [-0.39, 0.29) is 81.1 Å². The molecule has 0 aromatic heterocycles. The number of nitrogens with one attached hydrogen (secondary N) is 12. The van der Waals surface area contributed by atoms with Gasteiger partial charge in [0.05, 0.1) is 19.4 Å². The standard InChI is InChI=1S/C63H112N16O21/c1-29(2)20-35(64)51(88)79-46(28-80)61(98)71-38(16-18-49(84)85)54(91)73-41(23-32(7)8)58(95)77-44(27-50(86)87)60(97)69-36(14-13-19-68-63(66)67)52(89)72-40(22-31(5)6)56(93)76-42(24-33(9)10)57(94)75-39(21-30(3)4)55(92)70-37(15-17-48(82)83)53(90)74-43(25-34(11)12)59(96)78-45(62(99)100)26-47(65)81/h29-46,63,68,80H,13-28,64,66-67H2,1-12H3,(H2,65,81)(H,69,97)(H,70,92)(H,71,98)(H,72,89)(H,73,91)(H,74,90)(H,75,94)(H,76,93)(H,77,95)(H,78,96)(H,79,88)(H,82,83)(H,84,85)(H,86,87)(H,99,100)/p+1/t35-,36-,37-,38-,39-,40-,41-,42-,43-,44-,45-,46-/m0/s1. The third-order valence-corrected chi connectivity index (χ3v) is 14.9. The number of hydrogen-bond acceptors (Lipinski definition) is 20. The molecule has 100 heavy (non-hydrogen) atoms. The summed E-state index contributed by atoms with van der Waals surface area (Å²) in [5.74, 6) is -20.0. The fourth-order valence-electron chi connectivity index (χ4n) is 10.1. The summed E-state index contributed by atoms with van der Waals surface area (Å²) in [6.45, 7) is 19.6. The Morgan fingerprint density at radius 2 is 0.590 bits per heavy atom. The van der Waals surface area contributed by atoms with Crippen LogP contribution in [0.15, 0.2) is 0 Å². The number of aliphatic hydroxyl groups excluding tert-OH is 1. The SMILES string of the molecule is CC(C)C[C@H](NC(=O)[C@H](CCC(=O)O)NC(=O)[C@H](CC(C)C)NC(=O)[C@H](CC(C)C)NC(=O)[C@H](CC(C)C)NC(=O)[C@H](CCCNC(N)N)NC(=O)[C@H](CC(=O)O)NC(=O)[C@H](CC(C)C)NC(=O)[C@H](CCC(=O)O)NC(=O)[C@H](CO)NC(=O)[C@@H]([NH3+])CC(C)C)C(=O)N[C@@H](CC(N)=O)C(=O)O. The lowest BCUT2D eigenvalue weighted by Crippen LogP contribution is -2.69. The number of aliphatic hydroxyl groups is 1. The fourth-order valence-corrected chi connectivity index (χ4v) is 10.1. The van der Waals surface area contributed by atoms with Crippen LogP contribution in [0, 0.1) is 35.5 Å². The number of nitrogens with two attached hydrogens (primary N) is 3. The van der Waals surface area contributed by atoms with E-state index in [1.54, 1.807) is 69.2 Å². The van der Waals surface area contributed by atoms with Crippen LogP contribution in [-0.4, -0.2) is 212 Å². The quantitative estimate of drug-likeness (QED) is 0.0200. The number of carbonyl (C=O) groups excluding carboxylic acids is 12. The van der Waals surface area contributed by atoms with Gasteiger partial charge in [0.2, 0.25) is 65.0 Å². The van der Waals surface area contributed by atoms with Crippen molar-refractivity contribution in [2.24, 2.45) is 52.7 Å². The van der Waals surface area contributed by atoms with Crippen molar-refractivity contribution < 1.29 is 108 Å². The molecule has 0 aliphatic heterocycles. The third kappa shape index (κ3) is 38.6. The second kappa shape index (κ2) is 46.6. The lowest BCUT2D eigenvalue weighted by Gasteiger charge is -2.29. The number of hydrogen-bond donors (Lipinski definition) is 21. The number of primary amides is 1. The van der Waals surface area contributed by atoms with Crippen molar-refractivity contribution in [1.82, 2.24) is 63.8 Å².